The fraction of sp³-hybridized carbons (Fsp3) is 0.143. The van der Waals surface area contributed by atoms with Crippen LogP contribution in [0.4, 0.5) is 5.69 Å². The van der Waals surface area contributed by atoms with Gasteiger partial charge in [0, 0.05) is 5.69 Å². The summed E-state index contributed by atoms with van der Waals surface area (Å²) in [6.07, 6.45) is 0. The topological polar surface area (TPSA) is 66.0 Å². The predicted octanol–water partition coefficient (Wildman–Crippen LogP) is 3.02. The van der Waals surface area contributed by atoms with Crippen LogP contribution in [0.5, 0.6) is 0 Å². The summed E-state index contributed by atoms with van der Waals surface area (Å²) in [5.41, 5.74) is 2.01. The van der Waals surface area contributed by atoms with E-state index >= 15 is 0 Å². The number of carbonyl (C=O) groups excluding carboxylic acids is 1. The second-order valence-electron chi connectivity index (χ2n) is 4.00. The molecule has 90 valence electrons. The molecule has 4 heteroatoms. The first-order chi connectivity index (χ1) is 8.60. The van der Waals surface area contributed by atoms with Crippen LogP contribution in [0.25, 0.3) is 0 Å². The van der Waals surface area contributed by atoms with Gasteiger partial charge in [-0.15, -0.1) is 0 Å². The number of amides is 1. The van der Waals surface area contributed by atoms with Crippen molar-refractivity contribution < 1.29 is 9.21 Å². The lowest BCUT2D eigenvalue weighted by molar-refractivity contribution is 0.0995. The van der Waals surface area contributed by atoms with Gasteiger partial charge in [0.05, 0.1) is 11.6 Å². The Balaban J connectivity index is 2.19. The Morgan fingerprint density at radius 3 is 2.72 bits per heavy atom. The first-order valence-electron chi connectivity index (χ1n) is 5.48. The van der Waals surface area contributed by atoms with Crippen LogP contribution in [-0.4, -0.2) is 5.91 Å². The van der Waals surface area contributed by atoms with E-state index in [0.717, 1.165) is 11.3 Å². The molecule has 1 N–H and O–H groups in total. The van der Waals surface area contributed by atoms with Crippen molar-refractivity contribution in [2.75, 3.05) is 5.32 Å². The molecular weight excluding hydrogens is 228 g/mol. The summed E-state index contributed by atoms with van der Waals surface area (Å²) in [7, 11) is 0. The highest BCUT2D eigenvalue weighted by Gasteiger charge is 2.12. The van der Waals surface area contributed by atoms with Crippen molar-refractivity contribution >= 4 is 11.6 Å². The number of nitriles is 1. The number of nitrogens with zero attached hydrogens (tertiary/aromatic N) is 1. The molecular formula is C14H12N2O2. The molecule has 1 amide bonds. The van der Waals surface area contributed by atoms with Crippen LogP contribution in [0.1, 0.15) is 27.4 Å². The van der Waals surface area contributed by atoms with Gasteiger partial charge in [-0.05, 0) is 43.7 Å². The van der Waals surface area contributed by atoms with E-state index in [0.29, 0.717) is 11.3 Å². The van der Waals surface area contributed by atoms with E-state index in [1.165, 1.54) is 0 Å². The summed E-state index contributed by atoms with van der Waals surface area (Å²) in [6, 6.07) is 10.4. The largest absolute Gasteiger partial charge is 0.456 e. The van der Waals surface area contributed by atoms with Gasteiger partial charge in [0.25, 0.3) is 5.91 Å². The lowest BCUT2D eigenvalue weighted by Crippen LogP contribution is -2.10. The fourth-order valence-corrected chi connectivity index (χ4v) is 1.54. The first-order valence-corrected chi connectivity index (χ1v) is 5.48. The summed E-state index contributed by atoms with van der Waals surface area (Å²) in [5, 5.41) is 11.5. The van der Waals surface area contributed by atoms with Crippen molar-refractivity contribution in [3.05, 3.63) is 53.0 Å². The molecule has 0 aliphatic carbocycles. The van der Waals surface area contributed by atoms with E-state index < -0.39 is 0 Å². The third-order valence-corrected chi connectivity index (χ3v) is 2.64. The van der Waals surface area contributed by atoms with Gasteiger partial charge in [0.2, 0.25) is 0 Å². The lowest BCUT2D eigenvalue weighted by atomic mass is 10.2. The molecule has 1 heterocycles. The van der Waals surface area contributed by atoms with Crippen LogP contribution in [0, 0.1) is 25.2 Å². The summed E-state index contributed by atoms with van der Waals surface area (Å²) < 4.78 is 5.33. The Morgan fingerprint density at radius 2 is 2.11 bits per heavy atom. The molecule has 0 bridgehead atoms. The van der Waals surface area contributed by atoms with Gasteiger partial charge in [-0.25, -0.2) is 0 Å². The first kappa shape index (κ1) is 11.9. The Labute approximate surface area is 105 Å². The number of rotatable bonds is 2. The van der Waals surface area contributed by atoms with Crippen molar-refractivity contribution in [1.29, 1.82) is 5.26 Å². The molecule has 0 aliphatic heterocycles. The molecule has 0 atom stereocenters. The van der Waals surface area contributed by atoms with Crippen molar-refractivity contribution in [2.24, 2.45) is 0 Å². The number of hydrogen-bond donors (Lipinski definition) is 1. The number of benzene rings is 1. The van der Waals surface area contributed by atoms with Crippen LogP contribution < -0.4 is 5.32 Å². The fourth-order valence-electron chi connectivity index (χ4n) is 1.54. The molecule has 0 saturated carbocycles. The van der Waals surface area contributed by atoms with Crippen molar-refractivity contribution in [3.8, 4) is 6.07 Å². The SMILES string of the molecule is Cc1cc(C(=O)Nc2cccc(C#N)c2)oc1C. The Bertz CT molecular complexity index is 616. The molecule has 0 spiro atoms. The molecule has 0 unspecified atom stereocenters. The van der Waals surface area contributed by atoms with Crippen molar-refractivity contribution in [2.45, 2.75) is 13.8 Å². The van der Waals surface area contributed by atoms with Crippen LogP contribution in [0.2, 0.25) is 0 Å². The van der Waals surface area contributed by atoms with E-state index in [1.54, 1.807) is 30.3 Å². The van der Waals surface area contributed by atoms with E-state index in [9.17, 15) is 4.79 Å². The molecule has 4 nitrogen and oxygen atoms in total. The monoisotopic (exact) mass is 240 g/mol. The number of carbonyl (C=O) groups is 1. The highest BCUT2D eigenvalue weighted by atomic mass is 16.3. The maximum atomic E-state index is 11.9. The van der Waals surface area contributed by atoms with Crippen LogP contribution in [0.3, 0.4) is 0 Å². The van der Waals surface area contributed by atoms with E-state index in [2.05, 4.69) is 5.32 Å². The summed E-state index contributed by atoms with van der Waals surface area (Å²) >= 11 is 0. The average molecular weight is 240 g/mol. The lowest BCUT2D eigenvalue weighted by Gasteiger charge is -2.02. The second kappa shape index (κ2) is 4.76. The van der Waals surface area contributed by atoms with Crippen molar-refractivity contribution in [1.82, 2.24) is 0 Å². The molecule has 0 saturated heterocycles. The molecule has 1 aromatic carbocycles. The molecule has 0 fully saturated rings. The average Bonchev–Trinajstić information content (AvgIpc) is 2.70. The van der Waals surface area contributed by atoms with Crippen LogP contribution in [-0.2, 0) is 0 Å². The van der Waals surface area contributed by atoms with Crippen LogP contribution in [0.15, 0.2) is 34.7 Å². The smallest absolute Gasteiger partial charge is 0.291 e. The number of aryl methyl sites for hydroxylation is 2. The van der Waals surface area contributed by atoms with Gasteiger partial charge in [-0.3, -0.25) is 4.79 Å². The summed E-state index contributed by atoms with van der Waals surface area (Å²) in [4.78, 5) is 11.9. The Morgan fingerprint density at radius 1 is 1.33 bits per heavy atom. The highest BCUT2D eigenvalue weighted by Crippen LogP contribution is 2.16. The standard InChI is InChI=1S/C14H12N2O2/c1-9-6-13(18-10(9)2)14(17)16-12-5-3-4-11(7-12)8-15/h3-7H,1-2H3,(H,16,17). The zero-order valence-corrected chi connectivity index (χ0v) is 10.2. The van der Waals surface area contributed by atoms with Crippen molar-refractivity contribution in [3.63, 3.8) is 0 Å². The zero-order chi connectivity index (χ0) is 13.1. The van der Waals surface area contributed by atoms with E-state index in [-0.39, 0.29) is 11.7 Å². The minimum Gasteiger partial charge on any atom is -0.456 e. The predicted molar refractivity (Wildman–Crippen MR) is 67.3 cm³/mol. The van der Waals surface area contributed by atoms with E-state index in [1.807, 2.05) is 19.9 Å². The van der Waals surface area contributed by atoms with Gasteiger partial charge in [0.1, 0.15) is 5.76 Å². The van der Waals surface area contributed by atoms with Gasteiger partial charge in [-0.1, -0.05) is 6.07 Å². The minimum atomic E-state index is -0.318. The third-order valence-electron chi connectivity index (χ3n) is 2.64. The second-order valence-corrected chi connectivity index (χ2v) is 4.00. The minimum absolute atomic E-state index is 0.271. The van der Waals surface area contributed by atoms with Crippen LogP contribution >= 0.6 is 0 Å². The molecule has 0 aliphatic rings. The Kier molecular flexibility index (Phi) is 3.16. The van der Waals surface area contributed by atoms with Gasteiger partial charge < -0.3 is 9.73 Å². The Hall–Kier alpha value is -2.54. The number of nitrogens with one attached hydrogen (secondary N) is 1. The van der Waals surface area contributed by atoms with Gasteiger partial charge >= 0.3 is 0 Å². The zero-order valence-electron chi connectivity index (χ0n) is 10.2. The summed E-state index contributed by atoms with van der Waals surface area (Å²) in [6.45, 7) is 3.69. The summed E-state index contributed by atoms with van der Waals surface area (Å²) in [5.74, 6) is 0.680. The highest BCUT2D eigenvalue weighted by molar-refractivity contribution is 6.02. The normalized spacial score (nSPS) is 9.83. The van der Waals surface area contributed by atoms with E-state index in [4.69, 9.17) is 9.68 Å². The maximum Gasteiger partial charge on any atom is 0.291 e. The van der Waals surface area contributed by atoms with Gasteiger partial charge in [-0.2, -0.15) is 5.26 Å². The molecule has 2 aromatic rings. The number of hydrogen-bond acceptors (Lipinski definition) is 3. The number of anilines is 1. The quantitative estimate of drug-likeness (QED) is 0.877. The number of furan rings is 1. The van der Waals surface area contributed by atoms with Gasteiger partial charge in [0.15, 0.2) is 5.76 Å². The molecule has 1 aromatic heterocycles. The molecule has 2 rings (SSSR count). The molecule has 0 radical (unpaired) electrons. The maximum absolute atomic E-state index is 11.9. The third kappa shape index (κ3) is 2.41. The molecule has 18 heavy (non-hydrogen) atoms.